The first kappa shape index (κ1) is 17.6. The zero-order valence-electron chi connectivity index (χ0n) is 14.9. The molecular weight excluding hydrogens is 348 g/mol. The molecule has 142 valence electrons. The molecule has 3 heterocycles. The highest BCUT2D eigenvalue weighted by Crippen LogP contribution is 2.40. The number of piperidine rings is 1. The number of ether oxygens (including phenoxy) is 3. The highest BCUT2D eigenvalue weighted by molar-refractivity contribution is 5.78. The van der Waals surface area contributed by atoms with Crippen molar-refractivity contribution in [2.24, 2.45) is 0 Å². The SMILES string of the molecule is O=C(Cc1ccncc1)N1CC[C@@H](Oc2cccc3c2OCCO3)[C@H](O)C1. The summed E-state index contributed by atoms with van der Waals surface area (Å²) >= 11 is 0. The highest BCUT2D eigenvalue weighted by Gasteiger charge is 2.32. The molecule has 1 N–H and O–H groups in total. The average Bonchev–Trinajstić information content (AvgIpc) is 2.70. The number of likely N-dealkylation sites (tertiary alicyclic amines) is 1. The summed E-state index contributed by atoms with van der Waals surface area (Å²) in [4.78, 5) is 18.1. The lowest BCUT2D eigenvalue weighted by Gasteiger charge is -2.36. The largest absolute Gasteiger partial charge is 0.486 e. The predicted octanol–water partition coefficient (Wildman–Crippen LogP) is 1.44. The van der Waals surface area contributed by atoms with Crippen molar-refractivity contribution in [1.82, 2.24) is 9.88 Å². The number of carbonyl (C=O) groups is 1. The number of para-hydroxylation sites is 1. The van der Waals surface area contributed by atoms with E-state index in [1.807, 2.05) is 24.3 Å². The number of hydrogen-bond acceptors (Lipinski definition) is 6. The Bertz CT molecular complexity index is 798. The van der Waals surface area contributed by atoms with E-state index in [2.05, 4.69) is 4.98 Å². The summed E-state index contributed by atoms with van der Waals surface area (Å²) in [6.45, 7) is 1.77. The molecular formula is C20H22N2O5. The van der Waals surface area contributed by atoms with Gasteiger partial charge in [-0.3, -0.25) is 9.78 Å². The third kappa shape index (κ3) is 3.98. The lowest BCUT2D eigenvalue weighted by atomic mass is 10.0. The van der Waals surface area contributed by atoms with Gasteiger partial charge in [-0.2, -0.15) is 0 Å². The van der Waals surface area contributed by atoms with Crippen molar-refractivity contribution < 1.29 is 24.1 Å². The molecule has 7 nitrogen and oxygen atoms in total. The van der Waals surface area contributed by atoms with Crippen molar-refractivity contribution in [3.63, 3.8) is 0 Å². The Kier molecular flexibility index (Phi) is 5.11. The first-order valence-corrected chi connectivity index (χ1v) is 9.11. The van der Waals surface area contributed by atoms with Crippen LogP contribution in [0.4, 0.5) is 0 Å². The number of aliphatic hydroxyl groups is 1. The zero-order valence-corrected chi connectivity index (χ0v) is 14.9. The van der Waals surface area contributed by atoms with Crippen LogP contribution in [0.2, 0.25) is 0 Å². The van der Waals surface area contributed by atoms with Gasteiger partial charge in [0, 0.05) is 25.4 Å². The third-order valence-corrected chi connectivity index (χ3v) is 4.79. The molecule has 4 rings (SSSR count). The Morgan fingerprint density at radius 2 is 2.04 bits per heavy atom. The number of nitrogens with zero attached hydrogens (tertiary/aromatic N) is 2. The fraction of sp³-hybridized carbons (Fsp3) is 0.400. The van der Waals surface area contributed by atoms with Crippen molar-refractivity contribution in [1.29, 1.82) is 0 Å². The lowest BCUT2D eigenvalue weighted by molar-refractivity contribution is -0.136. The van der Waals surface area contributed by atoms with Gasteiger partial charge in [-0.25, -0.2) is 0 Å². The minimum atomic E-state index is -0.763. The second-order valence-corrected chi connectivity index (χ2v) is 6.66. The first-order chi connectivity index (χ1) is 13.2. The van der Waals surface area contributed by atoms with Crippen molar-refractivity contribution in [3.8, 4) is 17.2 Å². The van der Waals surface area contributed by atoms with Crippen LogP contribution < -0.4 is 14.2 Å². The zero-order chi connectivity index (χ0) is 18.6. The molecule has 0 spiro atoms. The molecule has 27 heavy (non-hydrogen) atoms. The quantitative estimate of drug-likeness (QED) is 0.877. The summed E-state index contributed by atoms with van der Waals surface area (Å²) in [6, 6.07) is 9.12. The molecule has 1 aromatic carbocycles. The summed E-state index contributed by atoms with van der Waals surface area (Å²) in [5.41, 5.74) is 0.913. The molecule has 0 unspecified atom stereocenters. The topological polar surface area (TPSA) is 81.1 Å². The molecule has 0 aliphatic carbocycles. The highest BCUT2D eigenvalue weighted by atomic mass is 16.6. The van der Waals surface area contributed by atoms with Crippen LogP contribution in [0, 0.1) is 0 Å². The van der Waals surface area contributed by atoms with E-state index in [1.54, 1.807) is 23.4 Å². The molecule has 1 fully saturated rings. The number of aromatic nitrogens is 1. The molecule has 7 heteroatoms. The second-order valence-electron chi connectivity index (χ2n) is 6.66. The molecule has 2 aromatic rings. The van der Waals surface area contributed by atoms with Gasteiger partial charge in [0.2, 0.25) is 11.7 Å². The summed E-state index contributed by atoms with van der Waals surface area (Å²) in [5.74, 6) is 1.78. The maximum absolute atomic E-state index is 12.5. The molecule has 2 atom stereocenters. The molecule has 2 aliphatic heterocycles. The normalized spacial score (nSPS) is 21.6. The Hall–Kier alpha value is -2.80. The van der Waals surface area contributed by atoms with Crippen LogP contribution in [-0.4, -0.2) is 59.4 Å². The predicted molar refractivity (Wildman–Crippen MR) is 97.0 cm³/mol. The van der Waals surface area contributed by atoms with Gasteiger partial charge < -0.3 is 24.2 Å². The number of rotatable bonds is 4. The van der Waals surface area contributed by atoms with E-state index in [4.69, 9.17) is 14.2 Å². The van der Waals surface area contributed by atoms with Crippen LogP contribution >= 0.6 is 0 Å². The average molecular weight is 370 g/mol. The molecule has 1 aromatic heterocycles. The molecule has 1 amide bonds. The number of pyridine rings is 1. The molecule has 1 saturated heterocycles. The van der Waals surface area contributed by atoms with Crippen LogP contribution in [0.15, 0.2) is 42.7 Å². The number of amides is 1. The Morgan fingerprint density at radius 1 is 1.22 bits per heavy atom. The minimum Gasteiger partial charge on any atom is -0.486 e. The number of hydrogen-bond donors (Lipinski definition) is 1. The van der Waals surface area contributed by atoms with Gasteiger partial charge >= 0.3 is 0 Å². The maximum Gasteiger partial charge on any atom is 0.227 e. The summed E-state index contributed by atoms with van der Waals surface area (Å²) in [6.07, 6.45) is 3.03. The van der Waals surface area contributed by atoms with E-state index >= 15 is 0 Å². The minimum absolute atomic E-state index is 0.00692. The van der Waals surface area contributed by atoms with Crippen LogP contribution in [0.1, 0.15) is 12.0 Å². The monoisotopic (exact) mass is 370 g/mol. The number of β-amino-alcohol motifs (C(OH)–C–C–N with tert-alkyl or cyclic N) is 1. The van der Waals surface area contributed by atoms with Gasteiger partial charge in [-0.15, -0.1) is 0 Å². The second kappa shape index (κ2) is 7.84. The van der Waals surface area contributed by atoms with Gasteiger partial charge in [0.15, 0.2) is 11.5 Å². The fourth-order valence-electron chi connectivity index (χ4n) is 3.36. The van der Waals surface area contributed by atoms with Crippen LogP contribution in [0.3, 0.4) is 0 Å². The number of aliphatic hydroxyl groups excluding tert-OH is 1. The molecule has 2 aliphatic rings. The van der Waals surface area contributed by atoms with Crippen molar-refractivity contribution in [2.45, 2.75) is 25.0 Å². The summed E-state index contributed by atoms with van der Waals surface area (Å²) in [5, 5.41) is 10.5. The molecule has 0 radical (unpaired) electrons. The first-order valence-electron chi connectivity index (χ1n) is 9.11. The van der Waals surface area contributed by atoms with E-state index in [0.717, 1.165) is 5.56 Å². The van der Waals surface area contributed by atoms with Crippen molar-refractivity contribution >= 4 is 5.91 Å². The van der Waals surface area contributed by atoms with E-state index in [1.165, 1.54) is 0 Å². The summed E-state index contributed by atoms with van der Waals surface area (Å²) < 4.78 is 17.2. The van der Waals surface area contributed by atoms with Gasteiger partial charge in [0.05, 0.1) is 13.0 Å². The van der Waals surface area contributed by atoms with Crippen LogP contribution in [0.25, 0.3) is 0 Å². The third-order valence-electron chi connectivity index (χ3n) is 4.79. The van der Waals surface area contributed by atoms with Gasteiger partial charge in [-0.05, 0) is 29.8 Å². The standard InChI is InChI=1S/C20H22N2O5/c23-15-13-22(19(24)12-14-4-7-21-8-5-14)9-6-16(15)27-18-3-1-2-17-20(18)26-11-10-25-17/h1-5,7-8,15-16,23H,6,9-13H2/t15-,16-/m1/s1. The number of benzene rings is 1. The van der Waals surface area contributed by atoms with Gasteiger partial charge in [0.1, 0.15) is 25.4 Å². The maximum atomic E-state index is 12.5. The van der Waals surface area contributed by atoms with Crippen LogP contribution in [-0.2, 0) is 11.2 Å². The molecule has 0 bridgehead atoms. The van der Waals surface area contributed by atoms with E-state index < -0.39 is 12.2 Å². The Balaban J connectivity index is 1.37. The Morgan fingerprint density at radius 3 is 2.85 bits per heavy atom. The number of carbonyl (C=O) groups excluding carboxylic acids is 1. The smallest absolute Gasteiger partial charge is 0.227 e. The van der Waals surface area contributed by atoms with E-state index in [0.29, 0.717) is 49.8 Å². The van der Waals surface area contributed by atoms with Gasteiger partial charge in [0.25, 0.3) is 0 Å². The molecule has 0 saturated carbocycles. The fourth-order valence-corrected chi connectivity index (χ4v) is 3.36. The van der Waals surface area contributed by atoms with Crippen molar-refractivity contribution in [3.05, 3.63) is 48.3 Å². The van der Waals surface area contributed by atoms with E-state index in [-0.39, 0.29) is 12.5 Å². The summed E-state index contributed by atoms with van der Waals surface area (Å²) in [7, 11) is 0. The number of fused-ring (bicyclic) bond motifs is 1. The van der Waals surface area contributed by atoms with E-state index in [9.17, 15) is 9.90 Å². The van der Waals surface area contributed by atoms with Gasteiger partial charge in [-0.1, -0.05) is 6.07 Å². The Labute approximate surface area is 157 Å². The lowest BCUT2D eigenvalue weighted by Crippen LogP contribution is -2.51. The van der Waals surface area contributed by atoms with Crippen LogP contribution in [0.5, 0.6) is 17.2 Å². The van der Waals surface area contributed by atoms with Crippen molar-refractivity contribution in [2.75, 3.05) is 26.3 Å².